The first kappa shape index (κ1) is 20.0. The van der Waals surface area contributed by atoms with Crippen LogP contribution in [0.15, 0.2) is 83.8 Å². The number of sulfonamides is 1. The second-order valence-corrected chi connectivity index (χ2v) is 8.86. The number of carbonyl (C=O) groups is 1. The van der Waals surface area contributed by atoms with Crippen molar-refractivity contribution in [3.05, 3.63) is 90.0 Å². The monoisotopic (exact) mass is 422 g/mol. The van der Waals surface area contributed by atoms with Gasteiger partial charge in [0.25, 0.3) is 15.9 Å². The topological polar surface area (TPSA) is 75.7 Å². The number of nitrogens with zero attached hydrogens (tertiary/aromatic N) is 1. The van der Waals surface area contributed by atoms with Crippen LogP contribution in [0.2, 0.25) is 0 Å². The van der Waals surface area contributed by atoms with E-state index in [0.29, 0.717) is 36.0 Å². The molecule has 0 aromatic heterocycles. The summed E-state index contributed by atoms with van der Waals surface area (Å²) in [5.74, 6) is 0.902. The summed E-state index contributed by atoms with van der Waals surface area (Å²) >= 11 is 0. The first-order valence-corrected chi connectivity index (χ1v) is 11.1. The molecule has 1 fully saturated rings. The lowest BCUT2D eigenvalue weighted by molar-refractivity contribution is 0.0602. The van der Waals surface area contributed by atoms with E-state index in [4.69, 9.17) is 4.74 Å². The van der Waals surface area contributed by atoms with Gasteiger partial charge < -0.3 is 9.64 Å². The predicted molar refractivity (Wildman–Crippen MR) is 115 cm³/mol. The number of benzene rings is 3. The predicted octanol–water partition coefficient (Wildman–Crippen LogP) is 3.74. The van der Waals surface area contributed by atoms with Gasteiger partial charge >= 0.3 is 0 Å². The molecule has 0 aliphatic carbocycles. The van der Waals surface area contributed by atoms with E-state index in [1.165, 1.54) is 17.7 Å². The molecule has 6 nitrogen and oxygen atoms in total. The fourth-order valence-corrected chi connectivity index (χ4v) is 4.47. The molecule has 1 amide bonds. The number of rotatable bonds is 6. The molecule has 1 aliphatic heterocycles. The van der Waals surface area contributed by atoms with Crippen LogP contribution >= 0.6 is 0 Å². The van der Waals surface area contributed by atoms with Crippen LogP contribution in [0, 0.1) is 0 Å². The fraction of sp³-hybridized carbons (Fsp3) is 0.174. The van der Waals surface area contributed by atoms with Gasteiger partial charge in [-0.2, -0.15) is 0 Å². The highest BCUT2D eigenvalue weighted by Gasteiger charge is 2.32. The number of carbonyl (C=O) groups excluding carboxylic acids is 1. The van der Waals surface area contributed by atoms with Crippen LogP contribution in [0.5, 0.6) is 5.75 Å². The number of amides is 1. The van der Waals surface area contributed by atoms with Crippen LogP contribution in [-0.4, -0.2) is 39.4 Å². The Hall–Kier alpha value is -3.32. The zero-order valence-corrected chi connectivity index (χ0v) is 17.3. The highest BCUT2D eigenvalue weighted by atomic mass is 32.2. The Labute approximate surface area is 176 Å². The molecular formula is C23H22N2O4S. The lowest BCUT2D eigenvalue weighted by atomic mass is 9.91. The number of hydrogen-bond donors (Lipinski definition) is 1. The van der Waals surface area contributed by atoms with E-state index in [1.807, 2.05) is 18.2 Å². The lowest BCUT2D eigenvalue weighted by Crippen LogP contribution is -2.48. The van der Waals surface area contributed by atoms with Crippen LogP contribution in [0.3, 0.4) is 0 Å². The van der Waals surface area contributed by atoms with Gasteiger partial charge in [0, 0.05) is 30.3 Å². The number of likely N-dealkylation sites (tertiary alicyclic amines) is 1. The van der Waals surface area contributed by atoms with E-state index in [1.54, 1.807) is 48.4 Å². The van der Waals surface area contributed by atoms with Gasteiger partial charge in [0.1, 0.15) is 5.75 Å². The summed E-state index contributed by atoms with van der Waals surface area (Å²) in [5.41, 5.74) is 2.14. The summed E-state index contributed by atoms with van der Waals surface area (Å²) in [6, 6.07) is 22.7. The van der Waals surface area contributed by atoms with E-state index in [9.17, 15) is 13.2 Å². The van der Waals surface area contributed by atoms with Gasteiger partial charge in [-0.25, -0.2) is 8.42 Å². The molecule has 154 valence electrons. The Morgan fingerprint density at radius 2 is 1.57 bits per heavy atom. The quantitative estimate of drug-likeness (QED) is 0.657. The van der Waals surface area contributed by atoms with Gasteiger partial charge in [-0.3, -0.25) is 9.52 Å². The summed E-state index contributed by atoms with van der Waals surface area (Å²) in [6.45, 7) is 1.34. The second kappa shape index (κ2) is 8.20. The second-order valence-electron chi connectivity index (χ2n) is 7.18. The average Bonchev–Trinajstić information content (AvgIpc) is 2.74. The van der Waals surface area contributed by atoms with Crippen LogP contribution < -0.4 is 9.46 Å². The maximum Gasteiger partial charge on any atom is 0.261 e. The molecule has 0 spiro atoms. The molecule has 7 heteroatoms. The van der Waals surface area contributed by atoms with E-state index >= 15 is 0 Å². The molecule has 3 aromatic rings. The van der Waals surface area contributed by atoms with E-state index in [-0.39, 0.29) is 10.8 Å². The van der Waals surface area contributed by atoms with Crippen LogP contribution in [0.25, 0.3) is 0 Å². The van der Waals surface area contributed by atoms with Crippen LogP contribution in [0.4, 0.5) is 5.69 Å². The smallest absolute Gasteiger partial charge is 0.261 e. The Morgan fingerprint density at radius 1 is 0.933 bits per heavy atom. The van der Waals surface area contributed by atoms with Crippen molar-refractivity contribution in [3.63, 3.8) is 0 Å². The molecule has 3 aromatic carbocycles. The molecule has 1 saturated heterocycles. The molecule has 4 rings (SSSR count). The van der Waals surface area contributed by atoms with Crippen molar-refractivity contribution >= 4 is 21.6 Å². The molecule has 0 atom stereocenters. The Morgan fingerprint density at radius 3 is 2.17 bits per heavy atom. The fourth-order valence-electron chi connectivity index (χ4n) is 3.41. The minimum Gasteiger partial charge on any atom is -0.497 e. The van der Waals surface area contributed by atoms with Crippen LogP contribution in [0.1, 0.15) is 21.8 Å². The van der Waals surface area contributed by atoms with Crippen LogP contribution in [-0.2, 0) is 10.0 Å². The SMILES string of the molecule is COc1ccc(NS(=O)(=O)c2ccc(C(=O)N3CC(c4ccccc4)C3)cc2)cc1. The molecule has 1 heterocycles. The number of anilines is 1. The zero-order chi connectivity index (χ0) is 21.1. The molecular weight excluding hydrogens is 400 g/mol. The van der Waals surface area contributed by atoms with Gasteiger partial charge in [0.2, 0.25) is 0 Å². The third-order valence-electron chi connectivity index (χ3n) is 5.19. The summed E-state index contributed by atoms with van der Waals surface area (Å²) in [5, 5.41) is 0. The Bertz CT molecular complexity index is 1120. The van der Waals surface area contributed by atoms with Crippen molar-refractivity contribution in [2.75, 3.05) is 24.9 Å². The van der Waals surface area contributed by atoms with Crippen molar-refractivity contribution in [3.8, 4) is 5.75 Å². The van der Waals surface area contributed by atoms with Gasteiger partial charge in [-0.05, 0) is 54.1 Å². The van der Waals surface area contributed by atoms with Gasteiger partial charge in [0.15, 0.2) is 0 Å². The molecule has 1 N–H and O–H groups in total. The standard InChI is InChI=1S/C23H22N2O4S/c1-29-21-11-9-20(10-12-21)24-30(27,28)22-13-7-18(8-14-22)23(26)25-15-19(16-25)17-5-3-2-4-6-17/h2-14,19,24H,15-16H2,1H3. The molecule has 0 radical (unpaired) electrons. The number of ether oxygens (including phenoxy) is 1. The lowest BCUT2D eigenvalue weighted by Gasteiger charge is -2.39. The molecule has 0 unspecified atom stereocenters. The summed E-state index contributed by atoms with van der Waals surface area (Å²) in [6.07, 6.45) is 0. The van der Waals surface area contributed by atoms with Crippen molar-refractivity contribution < 1.29 is 17.9 Å². The minimum absolute atomic E-state index is 0.0887. The first-order chi connectivity index (χ1) is 14.5. The van der Waals surface area contributed by atoms with Gasteiger partial charge in [0.05, 0.1) is 12.0 Å². The summed E-state index contributed by atoms with van der Waals surface area (Å²) < 4.78 is 32.8. The summed E-state index contributed by atoms with van der Waals surface area (Å²) in [7, 11) is -2.20. The molecule has 0 bridgehead atoms. The largest absolute Gasteiger partial charge is 0.497 e. The van der Waals surface area contributed by atoms with E-state index in [0.717, 1.165) is 0 Å². The third kappa shape index (κ3) is 4.16. The normalized spacial score (nSPS) is 14.1. The highest BCUT2D eigenvalue weighted by Crippen LogP contribution is 2.28. The molecule has 0 saturated carbocycles. The number of nitrogens with one attached hydrogen (secondary N) is 1. The first-order valence-electron chi connectivity index (χ1n) is 9.57. The average molecular weight is 423 g/mol. The van der Waals surface area contributed by atoms with Crippen molar-refractivity contribution in [2.45, 2.75) is 10.8 Å². The summed E-state index contributed by atoms with van der Waals surface area (Å²) in [4.78, 5) is 14.5. The number of hydrogen-bond acceptors (Lipinski definition) is 4. The van der Waals surface area contributed by atoms with Crippen molar-refractivity contribution in [2.24, 2.45) is 0 Å². The highest BCUT2D eigenvalue weighted by molar-refractivity contribution is 7.92. The van der Waals surface area contributed by atoms with E-state index < -0.39 is 10.0 Å². The van der Waals surface area contributed by atoms with E-state index in [2.05, 4.69) is 16.9 Å². The maximum absolute atomic E-state index is 12.7. The molecule has 1 aliphatic rings. The molecule has 30 heavy (non-hydrogen) atoms. The maximum atomic E-state index is 12.7. The van der Waals surface area contributed by atoms with Crippen molar-refractivity contribution in [1.29, 1.82) is 0 Å². The third-order valence-corrected chi connectivity index (χ3v) is 6.59. The van der Waals surface area contributed by atoms with Gasteiger partial charge in [-0.15, -0.1) is 0 Å². The van der Waals surface area contributed by atoms with Gasteiger partial charge in [-0.1, -0.05) is 30.3 Å². The number of methoxy groups -OCH3 is 1. The zero-order valence-electron chi connectivity index (χ0n) is 16.5. The minimum atomic E-state index is -3.75. The van der Waals surface area contributed by atoms with Crippen molar-refractivity contribution in [1.82, 2.24) is 4.90 Å². The Balaban J connectivity index is 1.40. The Kier molecular flexibility index (Phi) is 5.46.